The van der Waals surface area contributed by atoms with Gasteiger partial charge in [0, 0.05) is 26.3 Å². The van der Waals surface area contributed by atoms with Crippen molar-refractivity contribution in [2.75, 3.05) is 26.3 Å². The van der Waals surface area contributed by atoms with Crippen molar-refractivity contribution < 1.29 is 61.6 Å². The second-order valence-electron chi connectivity index (χ2n) is 2.41. The Hall–Kier alpha value is 1.67. The number of aliphatic hydroxyl groups excluding tert-OH is 2. The molecule has 0 aromatic carbocycles. The predicted molar refractivity (Wildman–Crippen MR) is 54.9 cm³/mol. The Balaban J connectivity index is 0. The molecule has 13 heavy (non-hydrogen) atoms. The van der Waals surface area contributed by atoms with Gasteiger partial charge in [-0.2, -0.15) is 0 Å². The van der Waals surface area contributed by atoms with Crippen molar-refractivity contribution >= 4 is 29.2 Å². The fraction of sp³-hybridized carbons (Fsp3) is 0.857. The van der Waals surface area contributed by atoms with E-state index in [0.29, 0.717) is 30.3 Å². The summed E-state index contributed by atoms with van der Waals surface area (Å²) in [6, 6.07) is 0. The molecule has 0 bridgehead atoms. The number of hydrogen-bond donors (Lipinski definition) is 2. The molecule has 0 atom stereocenters. The van der Waals surface area contributed by atoms with E-state index in [1.165, 1.54) is 0 Å². The molecule has 0 aromatic heterocycles. The summed E-state index contributed by atoms with van der Waals surface area (Å²) < 4.78 is 0.414. The maximum Gasteiger partial charge on any atom is 1.00 e. The van der Waals surface area contributed by atoms with Crippen molar-refractivity contribution in [3.63, 3.8) is 0 Å². The van der Waals surface area contributed by atoms with Gasteiger partial charge < -0.3 is 40.0 Å². The van der Waals surface area contributed by atoms with Crippen LogP contribution in [0.5, 0.6) is 0 Å². The van der Waals surface area contributed by atoms with Crippen LogP contribution in [0.1, 0.15) is 12.8 Å². The Labute approximate surface area is 133 Å². The molecule has 0 spiro atoms. The topological polar surface area (TPSA) is 43.7 Å². The molecule has 0 aliphatic carbocycles. The number of thiocarbonyl (C=S) groups is 1. The van der Waals surface area contributed by atoms with Crippen LogP contribution in [-0.2, 0) is 12.6 Å². The first-order chi connectivity index (χ1) is 5.72. The number of nitrogens with zero attached hydrogens (tertiary/aromatic N) is 1. The number of rotatable bonds is 6. The molecule has 0 saturated carbocycles. The quantitative estimate of drug-likeness (QED) is 0.296. The van der Waals surface area contributed by atoms with E-state index in [2.05, 4.69) is 0 Å². The Kier molecular flexibility index (Phi) is 15.4. The second-order valence-corrected chi connectivity index (χ2v) is 3.44. The summed E-state index contributed by atoms with van der Waals surface area (Å²) >= 11 is 9.64. The molecule has 0 heterocycles. The van der Waals surface area contributed by atoms with E-state index in [4.69, 9.17) is 35.1 Å². The summed E-state index contributed by atoms with van der Waals surface area (Å²) in [4.78, 5) is 1.82. The minimum Gasteiger partial charge on any atom is -0.411 e. The van der Waals surface area contributed by atoms with Gasteiger partial charge in [-0.3, -0.25) is 0 Å². The van der Waals surface area contributed by atoms with Crippen LogP contribution in [-0.4, -0.2) is 45.7 Å². The van der Waals surface area contributed by atoms with Crippen molar-refractivity contribution in [2.24, 2.45) is 0 Å². The number of hydrogen-bond acceptors (Lipinski definition) is 4. The Bertz CT molecular complexity index is 130. The van der Waals surface area contributed by atoms with Crippen molar-refractivity contribution in [3.8, 4) is 0 Å². The molecule has 0 unspecified atom stereocenters. The first-order valence-electron chi connectivity index (χ1n) is 3.90. The summed E-state index contributed by atoms with van der Waals surface area (Å²) in [6.45, 7) is 1.65. The van der Waals surface area contributed by atoms with Crippen molar-refractivity contribution in [2.45, 2.75) is 12.8 Å². The molecule has 0 aliphatic rings. The zero-order valence-electron chi connectivity index (χ0n) is 7.90. The van der Waals surface area contributed by atoms with Crippen LogP contribution in [0.15, 0.2) is 0 Å². The van der Waals surface area contributed by atoms with Gasteiger partial charge in [-0.15, -0.1) is 0 Å². The zero-order valence-corrected chi connectivity index (χ0v) is 12.7. The first kappa shape index (κ1) is 17.1. The Morgan fingerprint density at radius 1 is 1.15 bits per heavy atom. The van der Waals surface area contributed by atoms with Crippen LogP contribution in [0.3, 0.4) is 0 Å². The minimum absolute atomic E-state index is 0. The summed E-state index contributed by atoms with van der Waals surface area (Å²) in [5.41, 5.74) is 0. The van der Waals surface area contributed by atoms with E-state index in [9.17, 15) is 0 Å². The third-order valence-electron chi connectivity index (χ3n) is 1.43. The standard InChI is InChI=1S/C7H15NO2S2.K/c9-5-1-3-8(7(11)12)4-2-6-10;/h9-10H,1-6H2,(H,11,12);/q;+1/p-1. The molecular formula is C7H14KNO2S2. The monoisotopic (exact) mass is 247 g/mol. The average Bonchev–Trinajstić information content (AvgIpc) is 2.04. The van der Waals surface area contributed by atoms with E-state index in [1.54, 1.807) is 0 Å². The van der Waals surface area contributed by atoms with Crippen molar-refractivity contribution in [1.29, 1.82) is 0 Å². The molecule has 3 nitrogen and oxygen atoms in total. The van der Waals surface area contributed by atoms with Crippen LogP contribution in [0.2, 0.25) is 0 Å². The van der Waals surface area contributed by atoms with Crippen molar-refractivity contribution in [1.82, 2.24) is 4.90 Å². The molecule has 0 aromatic rings. The molecule has 0 rings (SSSR count). The second kappa shape index (κ2) is 11.7. The van der Waals surface area contributed by atoms with Crippen molar-refractivity contribution in [3.05, 3.63) is 0 Å². The fourth-order valence-electron chi connectivity index (χ4n) is 0.818. The molecule has 72 valence electrons. The van der Waals surface area contributed by atoms with Crippen LogP contribution in [0, 0.1) is 0 Å². The molecule has 0 aliphatic heterocycles. The molecule has 6 heteroatoms. The van der Waals surface area contributed by atoms with Gasteiger partial charge >= 0.3 is 51.4 Å². The normalized spacial score (nSPS) is 9.08. The van der Waals surface area contributed by atoms with Crippen LogP contribution >= 0.6 is 12.2 Å². The molecule has 0 fully saturated rings. The summed E-state index contributed by atoms with van der Waals surface area (Å²) in [6.07, 6.45) is 1.34. The zero-order chi connectivity index (χ0) is 9.40. The smallest absolute Gasteiger partial charge is 0.411 e. The van der Waals surface area contributed by atoms with Gasteiger partial charge in [0.25, 0.3) is 0 Å². The summed E-state index contributed by atoms with van der Waals surface area (Å²) in [7, 11) is 0. The molecule has 0 saturated heterocycles. The van der Waals surface area contributed by atoms with E-state index in [1.807, 2.05) is 4.90 Å². The largest absolute Gasteiger partial charge is 1.00 e. The predicted octanol–water partition coefficient (Wildman–Crippen LogP) is -3.11. The van der Waals surface area contributed by atoms with E-state index >= 15 is 0 Å². The van der Waals surface area contributed by atoms with Gasteiger partial charge in [0.2, 0.25) is 0 Å². The maximum absolute atomic E-state index is 8.57. The third kappa shape index (κ3) is 9.96. The molecule has 0 radical (unpaired) electrons. The maximum atomic E-state index is 8.57. The van der Waals surface area contributed by atoms with Gasteiger partial charge in [0.05, 0.1) is 0 Å². The minimum atomic E-state index is 0. The number of aliphatic hydroxyl groups is 2. The van der Waals surface area contributed by atoms with Gasteiger partial charge in [-0.05, 0) is 12.8 Å². The van der Waals surface area contributed by atoms with Crippen LogP contribution < -0.4 is 51.4 Å². The Morgan fingerprint density at radius 2 is 1.54 bits per heavy atom. The van der Waals surface area contributed by atoms with Crippen LogP contribution in [0.4, 0.5) is 0 Å². The van der Waals surface area contributed by atoms with Gasteiger partial charge in [0.15, 0.2) is 0 Å². The average molecular weight is 247 g/mol. The van der Waals surface area contributed by atoms with Gasteiger partial charge in [-0.1, -0.05) is 4.32 Å². The van der Waals surface area contributed by atoms with Crippen LogP contribution in [0.25, 0.3) is 0 Å². The van der Waals surface area contributed by atoms with E-state index < -0.39 is 0 Å². The molecule has 2 N–H and O–H groups in total. The Morgan fingerprint density at radius 3 is 1.77 bits per heavy atom. The summed E-state index contributed by atoms with van der Waals surface area (Å²) in [5.74, 6) is 0. The fourth-order valence-corrected chi connectivity index (χ4v) is 1.18. The van der Waals surface area contributed by atoms with E-state index in [-0.39, 0.29) is 64.6 Å². The van der Waals surface area contributed by atoms with Gasteiger partial charge in [0.1, 0.15) is 0 Å². The van der Waals surface area contributed by atoms with E-state index in [0.717, 1.165) is 0 Å². The third-order valence-corrected chi connectivity index (χ3v) is 1.95. The summed E-state index contributed by atoms with van der Waals surface area (Å²) in [5, 5.41) is 17.1. The SMILES string of the molecule is OCCCN(CCCO)C(=S)[S-].[K+]. The first-order valence-corrected chi connectivity index (χ1v) is 4.71. The van der Waals surface area contributed by atoms with Gasteiger partial charge in [-0.25, -0.2) is 0 Å². The molecular weight excluding hydrogens is 233 g/mol. The molecule has 0 amide bonds.